The summed E-state index contributed by atoms with van der Waals surface area (Å²) in [6.45, 7) is 4.15. The van der Waals surface area contributed by atoms with Gasteiger partial charge in [0.15, 0.2) is 0 Å². The number of hydrogen-bond acceptors (Lipinski definition) is 3. The van der Waals surface area contributed by atoms with E-state index in [1.54, 1.807) is 4.68 Å². The van der Waals surface area contributed by atoms with Crippen molar-refractivity contribution in [2.45, 2.75) is 19.9 Å². The van der Waals surface area contributed by atoms with Crippen molar-refractivity contribution in [2.24, 2.45) is 0 Å². The van der Waals surface area contributed by atoms with Crippen LogP contribution in [0.4, 0.5) is 0 Å². The number of ether oxygens (including phenoxy) is 1. The molecule has 0 spiro atoms. The average molecular weight is 204 g/mol. The van der Waals surface area contributed by atoms with Gasteiger partial charge in [0.05, 0.1) is 18.8 Å². The van der Waals surface area contributed by atoms with Gasteiger partial charge in [-0.2, -0.15) is 0 Å². The monoisotopic (exact) mass is 203 g/mol. The van der Waals surface area contributed by atoms with Crippen LogP contribution in [-0.4, -0.2) is 34.1 Å². The summed E-state index contributed by atoms with van der Waals surface area (Å²) in [7, 11) is 0. The Bertz CT molecular complexity index is 239. The zero-order valence-corrected chi connectivity index (χ0v) is 8.50. The van der Waals surface area contributed by atoms with Crippen molar-refractivity contribution in [1.82, 2.24) is 15.0 Å². The van der Waals surface area contributed by atoms with Crippen molar-refractivity contribution >= 4 is 11.6 Å². The van der Waals surface area contributed by atoms with E-state index < -0.39 is 0 Å². The minimum Gasteiger partial charge on any atom is -0.380 e. The van der Waals surface area contributed by atoms with Crippen LogP contribution in [0.3, 0.4) is 0 Å². The summed E-state index contributed by atoms with van der Waals surface area (Å²) in [5.41, 5.74) is 0.937. The third-order valence-electron chi connectivity index (χ3n) is 1.61. The highest BCUT2D eigenvalue weighted by molar-refractivity contribution is 6.17. The Kier molecular flexibility index (Phi) is 4.78. The number of aryl methyl sites for hydroxylation is 1. The van der Waals surface area contributed by atoms with Gasteiger partial charge in [-0.3, -0.25) is 0 Å². The van der Waals surface area contributed by atoms with Gasteiger partial charge >= 0.3 is 0 Å². The zero-order chi connectivity index (χ0) is 9.52. The fourth-order valence-electron chi connectivity index (χ4n) is 0.962. The first-order chi connectivity index (χ1) is 6.36. The minimum atomic E-state index is 0.587. The van der Waals surface area contributed by atoms with E-state index in [9.17, 15) is 0 Å². The van der Waals surface area contributed by atoms with Gasteiger partial charge in [0.25, 0.3) is 0 Å². The summed E-state index contributed by atoms with van der Waals surface area (Å²) in [5, 5.41) is 7.89. The Morgan fingerprint density at radius 3 is 3.15 bits per heavy atom. The molecule has 0 saturated heterocycles. The van der Waals surface area contributed by atoms with Crippen LogP contribution in [0.1, 0.15) is 12.6 Å². The van der Waals surface area contributed by atoms with Crippen LogP contribution in [0.2, 0.25) is 0 Å². The maximum Gasteiger partial charge on any atom is 0.0839 e. The molecule has 0 atom stereocenters. The van der Waals surface area contributed by atoms with Crippen LogP contribution < -0.4 is 0 Å². The minimum absolute atomic E-state index is 0.587. The van der Waals surface area contributed by atoms with Gasteiger partial charge in [0, 0.05) is 25.1 Å². The number of aromatic nitrogens is 3. The standard InChI is InChI=1S/C8H14ClN3O/c1-2-13-6-5-12-7-8(3-4-9)10-11-12/h7H,2-6H2,1H3. The van der Waals surface area contributed by atoms with Gasteiger partial charge in [-0.05, 0) is 6.92 Å². The number of halogens is 1. The van der Waals surface area contributed by atoms with Crippen LogP contribution in [-0.2, 0) is 17.7 Å². The third kappa shape index (κ3) is 3.74. The molecule has 0 aromatic carbocycles. The Balaban J connectivity index is 2.31. The van der Waals surface area contributed by atoms with E-state index in [1.807, 2.05) is 13.1 Å². The highest BCUT2D eigenvalue weighted by atomic mass is 35.5. The first-order valence-electron chi connectivity index (χ1n) is 4.39. The van der Waals surface area contributed by atoms with Crippen molar-refractivity contribution in [3.8, 4) is 0 Å². The summed E-state index contributed by atoms with van der Waals surface area (Å²) in [6, 6.07) is 0. The van der Waals surface area contributed by atoms with E-state index in [0.717, 1.165) is 25.3 Å². The lowest BCUT2D eigenvalue weighted by Gasteiger charge is -1.99. The second-order valence-corrected chi connectivity index (χ2v) is 2.99. The molecular formula is C8H14ClN3O. The Labute approximate surface area is 82.8 Å². The van der Waals surface area contributed by atoms with E-state index in [-0.39, 0.29) is 0 Å². The van der Waals surface area contributed by atoms with Crippen LogP contribution in [0.25, 0.3) is 0 Å². The molecule has 1 heterocycles. The van der Waals surface area contributed by atoms with Gasteiger partial charge in [-0.25, -0.2) is 4.68 Å². The number of alkyl halides is 1. The zero-order valence-electron chi connectivity index (χ0n) is 7.74. The predicted octanol–water partition coefficient (Wildman–Crippen LogP) is 1.10. The number of hydrogen-bond donors (Lipinski definition) is 0. The van der Waals surface area contributed by atoms with Gasteiger partial charge in [0.2, 0.25) is 0 Å². The van der Waals surface area contributed by atoms with E-state index >= 15 is 0 Å². The summed E-state index contributed by atoms with van der Waals surface area (Å²) >= 11 is 5.57. The maximum atomic E-state index is 5.57. The van der Waals surface area contributed by atoms with Gasteiger partial charge < -0.3 is 4.74 Å². The number of nitrogens with zero attached hydrogens (tertiary/aromatic N) is 3. The molecule has 74 valence electrons. The normalized spacial score (nSPS) is 10.6. The van der Waals surface area contributed by atoms with Gasteiger partial charge in [-0.1, -0.05) is 5.21 Å². The van der Waals surface area contributed by atoms with Crippen LogP contribution in [0, 0.1) is 0 Å². The molecule has 5 heteroatoms. The van der Waals surface area contributed by atoms with Gasteiger partial charge in [0.1, 0.15) is 0 Å². The SMILES string of the molecule is CCOCCn1cc(CCCl)nn1. The highest BCUT2D eigenvalue weighted by Gasteiger charge is 1.98. The molecule has 1 rings (SSSR count). The molecule has 1 aromatic rings. The lowest BCUT2D eigenvalue weighted by molar-refractivity contribution is 0.136. The molecule has 0 radical (unpaired) electrons. The first kappa shape index (κ1) is 10.5. The molecule has 0 bridgehead atoms. The quantitative estimate of drug-likeness (QED) is 0.514. The fourth-order valence-corrected chi connectivity index (χ4v) is 1.16. The first-order valence-corrected chi connectivity index (χ1v) is 4.93. The molecule has 0 saturated carbocycles. The highest BCUT2D eigenvalue weighted by Crippen LogP contribution is 1.95. The van der Waals surface area contributed by atoms with E-state index in [0.29, 0.717) is 12.5 Å². The van der Waals surface area contributed by atoms with Crippen LogP contribution in [0.15, 0.2) is 6.20 Å². The van der Waals surface area contributed by atoms with Crippen molar-refractivity contribution in [3.63, 3.8) is 0 Å². The molecule has 0 N–H and O–H groups in total. The predicted molar refractivity (Wildman–Crippen MR) is 50.9 cm³/mol. The van der Waals surface area contributed by atoms with Crippen molar-refractivity contribution in [1.29, 1.82) is 0 Å². The summed E-state index contributed by atoms with van der Waals surface area (Å²) in [5.74, 6) is 0.587. The molecule has 0 aliphatic rings. The van der Waals surface area contributed by atoms with Crippen LogP contribution in [0.5, 0.6) is 0 Å². The van der Waals surface area contributed by atoms with E-state index in [1.165, 1.54) is 0 Å². The molecule has 13 heavy (non-hydrogen) atoms. The molecule has 4 nitrogen and oxygen atoms in total. The summed E-state index contributed by atoms with van der Waals surface area (Å²) < 4.78 is 6.97. The molecule has 0 amide bonds. The van der Waals surface area contributed by atoms with Crippen molar-refractivity contribution in [3.05, 3.63) is 11.9 Å². The Morgan fingerprint density at radius 2 is 2.46 bits per heavy atom. The topological polar surface area (TPSA) is 39.9 Å². The summed E-state index contributed by atoms with van der Waals surface area (Å²) in [6.07, 6.45) is 2.68. The molecule has 0 aliphatic heterocycles. The Hall–Kier alpha value is -0.610. The summed E-state index contributed by atoms with van der Waals surface area (Å²) in [4.78, 5) is 0. The fraction of sp³-hybridized carbons (Fsp3) is 0.750. The molecule has 0 unspecified atom stereocenters. The lowest BCUT2D eigenvalue weighted by Crippen LogP contribution is -2.06. The second-order valence-electron chi connectivity index (χ2n) is 2.61. The molecule has 1 aromatic heterocycles. The van der Waals surface area contributed by atoms with Gasteiger partial charge in [-0.15, -0.1) is 16.7 Å². The average Bonchev–Trinajstić information content (AvgIpc) is 2.54. The maximum absolute atomic E-state index is 5.57. The second kappa shape index (κ2) is 5.94. The molecule has 0 fully saturated rings. The Morgan fingerprint density at radius 1 is 1.62 bits per heavy atom. The van der Waals surface area contributed by atoms with Crippen molar-refractivity contribution < 1.29 is 4.74 Å². The smallest absolute Gasteiger partial charge is 0.0839 e. The largest absolute Gasteiger partial charge is 0.380 e. The van der Waals surface area contributed by atoms with E-state index in [2.05, 4.69) is 10.3 Å². The van der Waals surface area contributed by atoms with E-state index in [4.69, 9.17) is 16.3 Å². The third-order valence-corrected chi connectivity index (χ3v) is 1.79. The van der Waals surface area contributed by atoms with Crippen molar-refractivity contribution in [2.75, 3.05) is 19.1 Å². The molecule has 0 aliphatic carbocycles. The number of rotatable bonds is 6. The molecular weight excluding hydrogens is 190 g/mol. The lowest BCUT2D eigenvalue weighted by atomic mass is 10.4. The van der Waals surface area contributed by atoms with Crippen LogP contribution >= 0.6 is 11.6 Å².